The van der Waals surface area contributed by atoms with Crippen LogP contribution in [-0.4, -0.2) is 18.0 Å². The molecule has 0 unspecified atom stereocenters. The van der Waals surface area contributed by atoms with Crippen molar-refractivity contribution in [2.45, 2.75) is 20.0 Å². The number of hydrogen-bond acceptors (Lipinski definition) is 4. The summed E-state index contributed by atoms with van der Waals surface area (Å²) in [4.78, 5) is 24.0. The molecule has 158 valence electrons. The van der Waals surface area contributed by atoms with Crippen molar-refractivity contribution in [2.75, 3.05) is 5.32 Å². The molecule has 2 amide bonds. The summed E-state index contributed by atoms with van der Waals surface area (Å²) in [6, 6.07) is 22.0. The Morgan fingerprint density at radius 1 is 0.968 bits per heavy atom. The van der Waals surface area contributed by atoms with E-state index in [1.54, 1.807) is 24.3 Å². The summed E-state index contributed by atoms with van der Waals surface area (Å²) in [5, 5.41) is 7.28. The lowest BCUT2D eigenvalue weighted by Crippen LogP contribution is -2.24. The number of halogens is 1. The van der Waals surface area contributed by atoms with Crippen molar-refractivity contribution in [1.29, 1.82) is 0 Å². The molecule has 0 fully saturated rings. The van der Waals surface area contributed by atoms with Crippen LogP contribution in [0.3, 0.4) is 0 Å². The van der Waals surface area contributed by atoms with E-state index in [-0.39, 0.29) is 6.42 Å². The van der Waals surface area contributed by atoms with Crippen LogP contribution in [0.1, 0.15) is 23.1 Å². The zero-order chi connectivity index (χ0) is 22.1. The molecule has 0 heterocycles. The molecule has 0 aliphatic rings. The summed E-state index contributed by atoms with van der Waals surface area (Å²) < 4.78 is 5.85. The summed E-state index contributed by atoms with van der Waals surface area (Å²) >= 11 is 5.90. The fourth-order valence-corrected chi connectivity index (χ4v) is 2.79. The number of amides is 2. The number of nitrogens with one attached hydrogen (secondary N) is 2. The van der Waals surface area contributed by atoms with Crippen LogP contribution in [0.5, 0.6) is 5.75 Å². The number of carbonyl (C=O) groups excluding carboxylic acids is 2. The second-order valence-electron chi connectivity index (χ2n) is 6.84. The average molecular weight is 436 g/mol. The Kier molecular flexibility index (Phi) is 7.79. The van der Waals surface area contributed by atoms with Crippen LogP contribution in [0.15, 0.2) is 77.9 Å². The first-order valence-electron chi connectivity index (χ1n) is 9.64. The van der Waals surface area contributed by atoms with Gasteiger partial charge in [0.1, 0.15) is 18.8 Å². The van der Waals surface area contributed by atoms with Crippen LogP contribution in [0, 0.1) is 6.92 Å². The van der Waals surface area contributed by atoms with Crippen molar-refractivity contribution in [3.8, 4) is 5.75 Å². The van der Waals surface area contributed by atoms with Gasteiger partial charge in [0.2, 0.25) is 11.8 Å². The van der Waals surface area contributed by atoms with Gasteiger partial charge in [0.25, 0.3) is 0 Å². The minimum absolute atomic E-state index is 0.333. The molecular formula is C24H22ClN3O3. The van der Waals surface area contributed by atoms with Gasteiger partial charge in [0.05, 0.1) is 6.21 Å². The lowest BCUT2D eigenvalue weighted by atomic mass is 10.2. The van der Waals surface area contributed by atoms with E-state index in [2.05, 4.69) is 15.8 Å². The van der Waals surface area contributed by atoms with Gasteiger partial charge in [-0.05, 0) is 48.9 Å². The molecule has 31 heavy (non-hydrogen) atoms. The first kappa shape index (κ1) is 22.1. The average Bonchev–Trinajstić information content (AvgIpc) is 2.76. The first-order chi connectivity index (χ1) is 15.0. The molecule has 0 radical (unpaired) electrons. The summed E-state index contributed by atoms with van der Waals surface area (Å²) in [5.41, 5.74) is 5.76. The highest BCUT2D eigenvalue weighted by molar-refractivity contribution is 6.30. The molecule has 3 aromatic rings. The van der Waals surface area contributed by atoms with Crippen molar-refractivity contribution in [1.82, 2.24) is 5.43 Å². The quantitative estimate of drug-likeness (QED) is 0.305. The molecule has 0 atom stereocenters. The molecule has 6 nitrogen and oxygen atoms in total. The van der Waals surface area contributed by atoms with Gasteiger partial charge in [-0.25, -0.2) is 5.43 Å². The highest BCUT2D eigenvalue weighted by Crippen LogP contribution is 2.18. The predicted molar refractivity (Wildman–Crippen MR) is 122 cm³/mol. The second kappa shape index (κ2) is 10.9. The topological polar surface area (TPSA) is 79.8 Å². The Balaban J connectivity index is 1.50. The van der Waals surface area contributed by atoms with Gasteiger partial charge >= 0.3 is 0 Å². The Morgan fingerprint density at radius 2 is 1.68 bits per heavy atom. The highest BCUT2D eigenvalue weighted by atomic mass is 35.5. The molecule has 0 saturated heterocycles. The third-order valence-corrected chi connectivity index (χ3v) is 4.53. The van der Waals surface area contributed by atoms with E-state index >= 15 is 0 Å². The number of para-hydroxylation sites is 1. The smallest absolute Gasteiger partial charge is 0.249 e. The van der Waals surface area contributed by atoms with Gasteiger partial charge in [-0.2, -0.15) is 5.10 Å². The van der Waals surface area contributed by atoms with Gasteiger partial charge in [-0.1, -0.05) is 53.6 Å². The Labute approximate surface area is 185 Å². The SMILES string of the molecule is Cc1ccc(NC(=O)CC(=O)NN=Cc2ccccc2OCc2ccc(Cl)cc2)cc1. The third kappa shape index (κ3) is 7.28. The minimum atomic E-state index is -0.513. The number of ether oxygens (including phenoxy) is 1. The molecule has 0 aliphatic heterocycles. The van der Waals surface area contributed by atoms with Crippen LogP contribution < -0.4 is 15.5 Å². The van der Waals surface area contributed by atoms with Gasteiger partial charge in [0, 0.05) is 16.3 Å². The Morgan fingerprint density at radius 3 is 2.42 bits per heavy atom. The first-order valence-corrected chi connectivity index (χ1v) is 10.0. The fraction of sp³-hybridized carbons (Fsp3) is 0.125. The fourth-order valence-electron chi connectivity index (χ4n) is 2.66. The van der Waals surface area contributed by atoms with Crippen molar-refractivity contribution in [2.24, 2.45) is 5.10 Å². The maximum atomic E-state index is 12.0. The van der Waals surface area contributed by atoms with Crippen LogP contribution in [0.2, 0.25) is 5.02 Å². The molecule has 3 aromatic carbocycles. The molecule has 0 spiro atoms. The van der Waals surface area contributed by atoms with Crippen molar-refractivity contribution < 1.29 is 14.3 Å². The number of hydrogen-bond donors (Lipinski definition) is 2. The summed E-state index contributed by atoms with van der Waals surface area (Å²) in [6.45, 7) is 2.32. The standard InChI is InChI=1S/C24H22ClN3O3/c1-17-6-12-21(13-7-17)27-23(29)14-24(30)28-26-15-19-4-2-3-5-22(19)31-16-18-8-10-20(25)11-9-18/h2-13,15H,14,16H2,1H3,(H,27,29)(H,28,30). The van der Waals surface area contributed by atoms with Crippen LogP contribution >= 0.6 is 11.6 Å². The lowest BCUT2D eigenvalue weighted by Gasteiger charge is -2.09. The number of hydrazone groups is 1. The van der Waals surface area contributed by atoms with Crippen LogP contribution in [0.25, 0.3) is 0 Å². The number of carbonyl (C=O) groups is 2. The molecule has 0 aliphatic carbocycles. The lowest BCUT2D eigenvalue weighted by molar-refractivity contribution is -0.126. The van der Waals surface area contributed by atoms with E-state index < -0.39 is 11.8 Å². The summed E-state index contributed by atoms with van der Waals surface area (Å²) in [6.07, 6.45) is 1.15. The number of nitrogens with zero attached hydrogens (tertiary/aromatic N) is 1. The van der Waals surface area contributed by atoms with E-state index in [4.69, 9.17) is 16.3 Å². The molecule has 0 bridgehead atoms. The van der Waals surface area contributed by atoms with Gasteiger partial charge in [0.15, 0.2) is 0 Å². The van der Waals surface area contributed by atoms with Gasteiger partial charge in [-0.15, -0.1) is 0 Å². The van der Waals surface area contributed by atoms with Crippen molar-refractivity contribution in [3.05, 3.63) is 94.5 Å². The zero-order valence-electron chi connectivity index (χ0n) is 17.0. The van der Waals surface area contributed by atoms with E-state index in [0.29, 0.717) is 28.6 Å². The third-order valence-electron chi connectivity index (χ3n) is 4.28. The van der Waals surface area contributed by atoms with Crippen molar-refractivity contribution in [3.63, 3.8) is 0 Å². The van der Waals surface area contributed by atoms with Gasteiger partial charge < -0.3 is 10.1 Å². The molecule has 7 heteroatoms. The van der Waals surface area contributed by atoms with E-state index in [1.807, 2.05) is 55.5 Å². The Hall–Kier alpha value is -3.64. The summed E-state index contributed by atoms with van der Waals surface area (Å²) in [7, 11) is 0. The van der Waals surface area contributed by atoms with E-state index in [1.165, 1.54) is 6.21 Å². The molecule has 0 aromatic heterocycles. The molecule has 3 rings (SSSR count). The van der Waals surface area contributed by atoms with E-state index in [0.717, 1.165) is 11.1 Å². The monoisotopic (exact) mass is 435 g/mol. The largest absolute Gasteiger partial charge is 0.488 e. The van der Waals surface area contributed by atoms with Crippen molar-refractivity contribution >= 4 is 35.3 Å². The van der Waals surface area contributed by atoms with E-state index in [9.17, 15) is 9.59 Å². The Bertz CT molecular complexity index is 1060. The highest BCUT2D eigenvalue weighted by Gasteiger charge is 2.09. The van der Waals surface area contributed by atoms with Gasteiger partial charge in [-0.3, -0.25) is 9.59 Å². The second-order valence-corrected chi connectivity index (χ2v) is 7.27. The normalized spacial score (nSPS) is 10.6. The molecule has 0 saturated carbocycles. The van der Waals surface area contributed by atoms with Crippen LogP contribution in [-0.2, 0) is 16.2 Å². The number of aryl methyl sites for hydroxylation is 1. The van der Waals surface area contributed by atoms with Crippen LogP contribution in [0.4, 0.5) is 5.69 Å². The summed E-state index contributed by atoms with van der Waals surface area (Å²) in [5.74, 6) is -0.309. The number of benzene rings is 3. The predicted octanol–water partition coefficient (Wildman–Crippen LogP) is 4.71. The number of anilines is 1. The minimum Gasteiger partial charge on any atom is -0.488 e. The zero-order valence-corrected chi connectivity index (χ0v) is 17.7. The maximum absolute atomic E-state index is 12.0. The number of rotatable bonds is 8. The molecule has 2 N–H and O–H groups in total. The molecular weight excluding hydrogens is 414 g/mol. The maximum Gasteiger partial charge on any atom is 0.249 e.